The third kappa shape index (κ3) is 3.83. The Balaban J connectivity index is 1.85. The predicted molar refractivity (Wildman–Crippen MR) is 86.2 cm³/mol. The van der Waals surface area contributed by atoms with Crippen LogP contribution in [-0.4, -0.2) is 27.9 Å². The van der Waals surface area contributed by atoms with E-state index in [2.05, 4.69) is 39.0 Å². The molecule has 4 atom stereocenters. The summed E-state index contributed by atoms with van der Waals surface area (Å²) in [6, 6.07) is 6.35. The molecule has 22 heavy (non-hydrogen) atoms. The van der Waals surface area contributed by atoms with Gasteiger partial charge in [0, 0.05) is 10.6 Å². The van der Waals surface area contributed by atoms with Gasteiger partial charge in [0.15, 0.2) is 0 Å². The van der Waals surface area contributed by atoms with Gasteiger partial charge in [-0.15, -0.1) is 11.8 Å². The van der Waals surface area contributed by atoms with E-state index in [1.54, 1.807) is 11.8 Å². The van der Waals surface area contributed by atoms with Crippen molar-refractivity contribution in [3.05, 3.63) is 29.3 Å². The number of carboxylic acids is 2. The first-order valence-corrected chi connectivity index (χ1v) is 8.45. The van der Waals surface area contributed by atoms with Gasteiger partial charge < -0.3 is 10.2 Å². The van der Waals surface area contributed by atoms with E-state index in [-0.39, 0.29) is 5.92 Å². The van der Waals surface area contributed by atoms with E-state index in [1.165, 1.54) is 16.0 Å². The van der Waals surface area contributed by atoms with E-state index in [0.717, 1.165) is 5.75 Å². The molecule has 1 aromatic carbocycles. The number of aliphatic carboxylic acids is 2. The molecule has 3 unspecified atom stereocenters. The van der Waals surface area contributed by atoms with Crippen LogP contribution in [0.1, 0.15) is 24.5 Å². The maximum absolute atomic E-state index is 11.0. The molecule has 0 spiro atoms. The average Bonchev–Trinajstić information content (AvgIpc) is 3.14. The van der Waals surface area contributed by atoms with Gasteiger partial charge in [-0.25, -0.2) is 0 Å². The molecule has 2 N–H and O–H groups in total. The molecule has 0 radical (unpaired) electrons. The Morgan fingerprint density at radius 1 is 1.14 bits per heavy atom. The highest BCUT2D eigenvalue weighted by molar-refractivity contribution is 7.99. The van der Waals surface area contributed by atoms with Crippen molar-refractivity contribution in [2.45, 2.75) is 32.1 Å². The molecule has 5 heteroatoms. The summed E-state index contributed by atoms with van der Waals surface area (Å²) in [6.45, 7) is 6.23. The van der Waals surface area contributed by atoms with Gasteiger partial charge in [0.1, 0.15) is 0 Å². The minimum atomic E-state index is -0.980. The van der Waals surface area contributed by atoms with Crippen LogP contribution in [0.5, 0.6) is 0 Å². The molecule has 0 aliphatic heterocycles. The molecule has 2 rings (SSSR count). The Labute approximate surface area is 134 Å². The minimum Gasteiger partial charge on any atom is -0.481 e. The zero-order valence-electron chi connectivity index (χ0n) is 13.1. The number of carboxylic acid groups (broad SMARTS) is 2. The van der Waals surface area contributed by atoms with Crippen molar-refractivity contribution in [2.24, 2.45) is 23.7 Å². The lowest BCUT2D eigenvalue weighted by Gasteiger charge is -2.11. The van der Waals surface area contributed by atoms with Crippen molar-refractivity contribution in [3.63, 3.8) is 0 Å². The quantitative estimate of drug-likeness (QED) is 0.752. The standard InChI is InChI=1S/C17H22O4S/c1-9(6-13-14(16(18)19)15(13)17(20)21)8-22-12-5-4-10(2)11(3)7-12/h4-5,7,9,13-15H,6,8H2,1-3H3,(H,18,19)(H,20,21)/t9?,13?,14-,15?/m0/s1. The summed E-state index contributed by atoms with van der Waals surface area (Å²) in [5.41, 5.74) is 2.53. The van der Waals surface area contributed by atoms with Crippen LogP contribution in [0.4, 0.5) is 0 Å². The molecule has 1 saturated carbocycles. The van der Waals surface area contributed by atoms with Crippen molar-refractivity contribution in [2.75, 3.05) is 5.75 Å². The highest BCUT2D eigenvalue weighted by Gasteiger charge is 2.59. The molecule has 0 saturated heterocycles. The fourth-order valence-electron chi connectivity index (χ4n) is 2.92. The second kappa shape index (κ2) is 6.73. The molecule has 1 aromatic rings. The Bertz CT molecular complexity index is 564. The molecule has 0 heterocycles. The van der Waals surface area contributed by atoms with E-state index in [1.807, 2.05) is 0 Å². The van der Waals surface area contributed by atoms with Gasteiger partial charge in [-0.3, -0.25) is 9.59 Å². The number of rotatable bonds is 7. The normalized spacial score (nSPS) is 24.8. The molecule has 0 bridgehead atoms. The lowest BCUT2D eigenvalue weighted by molar-refractivity contribution is -0.144. The third-order valence-corrected chi connectivity index (χ3v) is 5.75. The molecular weight excluding hydrogens is 300 g/mol. The van der Waals surface area contributed by atoms with Gasteiger partial charge >= 0.3 is 11.9 Å². The van der Waals surface area contributed by atoms with Crippen LogP contribution in [0.3, 0.4) is 0 Å². The van der Waals surface area contributed by atoms with Crippen LogP contribution in [0, 0.1) is 37.5 Å². The number of carbonyl (C=O) groups is 2. The molecule has 0 aromatic heterocycles. The van der Waals surface area contributed by atoms with Crippen molar-refractivity contribution >= 4 is 23.7 Å². The van der Waals surface area contributed by atoms with Gasteiger partial charge in [0.05, 0.1) is 11.8 Å². The number of benzene rings is 1. The summed E-state index contributed by atoms with van der Waals surface area (Å²) in [7, 11) is 0. The minimum absolute atomic E-state index is 0.217. The van der Waals surface area contributed by atoms with E-state index in [0.29, 0.717) is 12.3 Å². The van der Waals surface area contributed by atoms with Crippen LogP contribution in [0.15, 0.2) is 23.1 Å². The predicted octanol–water partition coefficient (Wildman–Crippen LogP) is 3.45. The summed E-state index contributed by atoms with van der Waals surface area (Å²) in [6.07, 6.45) is 0.659. The molecule has 0 amide bonds. The fourth-order valence-corrected chi connectivity index (χ4v) is 3.95. The van der Waals surface area contributed by atoms with E-state index < -0.39 is 23.8 Å². The maximum Gasteiger partial charge on any atom is 0.307 e. The SMILES string of the molecule is Cc1ccc(SCC(C)CC2C(C(=O)O)[C@H]2C(=O)O)cc1C. The highest BCUT2D eigenvalue weighted by Crippen LogP contribution is 2.50. The first-order valence-electron chi connectivity index (χ1n) is 7.47. The Morgan fingerprint density at radius 2 is 1.73 bits per heavy atom. The Morgan fingerprint density at radius 3 is 2.23 bits per heavy atom. The van der Waals surface area contributed by atoms with Crippen molar-refractivity contribution in [1.82, 2.24) is 0 Å². The first-order chi connectivity index (χ1) is 10.3. The van der Waals surface area contributed by atoms with Crippen LogP contribution >= 0.6 is 11.8 Å². The molecule has 1 aliphatic carbocycles. The smallest absolute Gasteiger partial charge is 0.307 e. The van der Waals surface area contributed by atoms with E-state index >= 15 is 0 Å². The van der Waals surface area contributed by atoms with Gasteiger partial charge in [0.2, 0.25) is 0 Å². The Kier molecular flexibility index (Phi) is 5.16. The van der Waals surface area contributed by atoms with Gasteiger partial charge in [0.25, 0.3) is 0 Å². The fraction of sp³-hybridized carbons (Fsp3) is 0.529. The van der Waals surface area contributed by atoms with Crippen molar-refractivity contribution in [1.29, 1.82) is 0 Å². The summed E-state index contributed by atoms with van der Waals surface area (Å²) >= 11 is 1.75. The topological polar surface area (TPSA) is 74.6 Å². The largest absolute Gasteiger partial charge is 0.481 e. The van der Waals surface area contributed by atoms with E-state index in [4.69, 9.17) is 10.2 Å². The zero-order valence-corrected chi connectivity index (χ0v) is 13.9. The summed E-state index contributed by atoms with van der Waals surface area (Å²) in [5.74, 6) is -2.42. The van der Waals surface area contributed by atoms with Gasteiger partial charge in [-0.2, -0.15) is 0 Å². The molecular formula is C17H22O4S. The van der Waals surface area contributed by atoms with Crippen LogP contribution in [0.2, 0.25) is 0 Å². The average molecular weight is 322 g/mol. The molecule has 1 aliphatic rings. The van der Waals surface area contributed by atoms with Crippen LogP contribution < -0.4 is 0 Å². The first kappa shape index (κ1) is 16.9. The number of hydrogen-bond donors (Lipinski definition) is 2. The summed E-state index contributed by atoms with van der Waals surface area (Å²) < 4.78 is 0. The number of aryl methyl sites for hydroxylation is 2. The summed E-state index contributed by atoms with van der Waals surface area (Å²) in [4.78, 5) is 23.3. The van der Waals surface area contributed by atoms with Crippen LogP contribution in [-0.2, 0) is 9.59 Å². The van der Waals surface area contributed by atoms with E-state index in [9.17, 15) is 9.59 Å². The maximum atomic E-state index is 11.0. The zero-order chi connectivity index (χ0) is 16.4. The van der Waals surface area contributed by atoms with Gasteiger partial charge in [-0.1, -0.05) is 13.0 Å². The lowest BCUT2D eigenvalue weighted by atomic mass is 10.0. The van der Waals surface area contributed by atoms with Crippen LogP contribution in [0.25, 0.3) is 0 Å². The van der Waals surface area contributed by atoms with Gasteiger partial charge in [-0.05, 0) is 55.4 Å². The number of hydrogen-bond acceptors (Lipinski definition) is 3. The van der Waals surface area contributed by atoms with Crippen molar-refractivity contribution in [3.8, 4) is 0 Å². The van der Waals surface area contributed by atoms with Crippen molar-refractivity contribution < 1.29 is 19.8 Å². The molecule has 4 nitrogen and oxygen atoms in total. The third-order valence-electron chi connectivity index (χ3n) is 4.43. The second-order valence-corrected chi connectivity index (χ2v) is 7.38. The Hall–Kier alpha value is -1.49. The molecule has 120 valence electrons. The number of thioether (sulfide) groups is 1. The second-order valence-electron chi connectivity index (χ2n) is 6.29. The highest BCUT2D eigenvalue weighted by atomic mass is 32.2. The monoisotopic (exact) mass is 322 g/mol. The summed E-state index contributed by atoms with van der Waals surface area (Å²) in [5, 5.41) is 18.1. The molecule has 1 fully saturated rings. The lowest BCUT2D eigenvalue weighted by Crippen LogP contribution is -2.05.